The summed E-state index contributed by atoms with van der Waals surface area (Å²) in [6, 6.07) is 27.0. The van der Waals surface area contributed by atoms with Crippen molar-refractivity contribution in [3.8, 4) is 0 Å². The molecule has 0 aliphatic rings. The molecule has 1 aromatic heterocycles. The number of benzene rings is 3. The second-order valence-electron chi connectivity index (χ2n) is 6.26. The second kappa shape index (κ2) is 7.27. The number of hydrogen-bond donors (Lipinski definition) is 0. The van der Waals surface area contributed by atoms with Crippen molar-refractivity contribution in [3.05, 3.63) is 108 Å². The van der Waals surface area contributed by atoms with Crippen molar-refractivity contribution in [1.82, 2.24) is 4.98 Å². The van der Waals surface area contributed by atoms with Gasteiger partial charge in [-0.05, 0) is 24.3 Å². The highest BCUT2D eigenvalue weighted by Gasteiger charge is 2.32. The van der Waals surface area contributed by atoms with E-state index in [2.05, 4.69) is 4.98 Å². The van der Waals surface area contributed by atoms with Crippen molar-refractivity contribution >= 4 is 22.3 Å². The molecule has 0 atom stereocenters. The van der Waals surface area contributed by atoms with E-state index in [1.165, 1.54) is 6.07 Å². The molecule has 0 saturated heterocycles. The third kappa shape index (κ3) is 3.78. The van der Waals surface area contributed by atoms with E-state index in [0.717, 1.165) is 22.9 Å². The predicted molar refractivity (Wildman–Crippen MR) is 105 cm³/mol. The highest BCUT2D eigenvalue weighted by molar-refractivity contribution is 6.14. The van der Waals surface area contributed by atoms with Crippen LogP contribution in [-0.2, 0) is 6.18 Å². The van der Waals surface area contributed by atoms with Crippen molar-refractivity contribution in [1.29, 1.82) is 0 Å². The number of rotatable bonds is 3. The summed E-state index contributed by atoms with van der Waals surface area (Å²) in [5.41, 5.74) is 2.75. The Labute approximate surface area is 160 Å². The summed E-state index contributed by atoms with van der Waals surface area (Å²) in [7, 11) is 0. The van der Waals surface area contributed by atoms with Crippen LogP contribution in [0.3, 0.4) is 0 Å². The van der Waals surface area contributed by atoms with Crippen LogP contribution in [0.15, 0.2) is 96.0 Å². The molecule has 0 radical (unpaired) electrons. The summed E-state index contributed by atoms with van der Waals surface area (Å²) in [4.78, 5) is 8.50. The van der Waals surface area contributed by atoms with E-state index < -0.39 is 11.9 Å². The molecule has 0 unspecified atom stereocenters. The summed E-state index contributed by atoms with van der Waals surface area (Å²) in [6.07, 6.45) is -4.46. The number of hydrogen-bond acceptors (Lipinski definition) is 2. The van der Waals surface area contributed by atoms with Crippen LogP contribution in [0.2, 0.25) is 0 Å². The normalized spacial score (nSPS) is 11.4. The Balaban J connectivity index is 1.81. The Kier molecular flexibility index (Phi) is 4.65. The zero-order chi connectivity index (χ0) is 19.6. The van der Waals surface area contributed by atoms with Gasteiger partial charge in [-0.25, -0.2) is 9.98 Å². The number of fused-ring (bicyclic) bond motifs is 1. The lowest BCUT2D eigenvalue weighted by Crippen LogP contribution is -2.07. The molecule has 5 heteroatoms. The third-order valence-electron chi connectivity index (χ3n) is 4.30. The van der Waals surface area contributed by atoms with Crippen LogP contribution in [0.4, 0.5) is 18.9 Å². The molecular formula is C23H15F3N2. The number of nitrogens with zero attached hydrogens (tertiary/aromatic N) is 2. The minimum Gasteiger partial charge on any atom is -0.248 e. The Bertz CT molecular complexity index is 1090. The average molecular weight is 376 g/mol. The van der Waals surface area contributed by atoms with Crippen molar-refractivity contribution in [2.75, 3.05) is 0 Å². The molecular weight excluding hydrogens is 361 g/mol. The maximum atomic E-state index is 12.9. The summed E-state index contributed by atoms with van der Waals surface area (Å²) in [6.45, 7) is 0. The van der Waals surface area contributed by atoms with Gasteiger partial charge in [-0.1, -0.05) is 66.7 Å². The van der Waals surface area contributed by atoms with E-state index in [0.29, 0.717) is 11.1 Å². The zero-order valence-corrected chi connectivity index (χ0v) is 14.7. The quantitative estimate of drug-likeness (QED) is 0.379. The fraction of sp³-hybridized carbons (Fsp3) is 0.0435. The van der Waals surface area contributed by atoms with Gasteiger partial charge in [0, 0.05) is 16.5 Å². The van der Waals surface area contributed by atoms with Crippen molar-refractivity contribution in [2.24, 2.45) is 4.99 Å². The van der Waals surface area contributed by atoms with Crippen molar-refractivity contribution < 1.29 is 13.2 Å². The first kappa shape index (κ1) is 17.9. The highest BCUT2D eigenvalue weighted by atomic mass is 19.4. The van der Waals surface area contributed by atoms with Crippen LogP contribution >= 0.6 is 0 Å². The third-order valence-corrected chi connectivity index (χ3v) is 4.30. The molecule has 0 fully saturated rings. The zero-order valence-electron chi connectivity index (χ0n) is 14.7. The van der Waals surface area contributed by atoms with Gasteiger partial charge in [0.15, 0.2) is 0 Å². The fourth-order valence-electron chi connectivity index (χ4n) is 2.96. The lowest BCUT2D eigenvalue weighted by Gasteiger charge is -2.09. The first-order valence-corrected chi connectivity index (χ1v) is 8.68. The lowest BCUT2D eigenvalue weighted by atomic mass is 10.0. The molecule has 0 saturated carbocycles. The molecule has 0 N–H and O–H groups in total. The number of aliphatic imine (C=N–C) groups is 1. The summed E-state index contributed by atoms with van der Waals surface area (Å²) in [5.74, 6) is 0. The molecule has 4 rings (SSSR count). The monoisotopic (exact) mass is 376 g/mol. The van der Waals surface area contributed by atoms with Gasteiger partial charge in [0.1, 0.15) is 5.69 Å². The number of halogens is 3. The SMILES string of the molecule is FC(F)(F)c1ccc2cc(N=C(c3ccccc3)c3ccccc3)ccc2n1. The van der Waals surface area contributed by atoms with Crippen LogP contribution in [0, 0.1) is 0 Å². The van der Waals surface area contributed by atoms with E-state index in [-0.39, 0.29) is 5.52 Å². The first-order chi connectivity index (χ1) is 13.5. The Morgan fingerprint density at radius 2 is 1.32 bits per heavy atom. The first-order valence-electron chi connectivity index (χ1n) is 8.68. The van der Waals surface area contributed by atoms with Crippen LogP contribution in [0.1, 0.15) is 16.8 Å². The Hall–Kier alpha value is -3.47. The molecule has 0 aliphatic carbocycles. The predicted octanol–water partition coefficient (Wildman–Crippen LogP) is 6.42. The van der Waals surface area contributed by atoms with Gasteiger partial charge >= 0.3 is 6.18 Å². The van der Waals surface area contributed by atoms with Crippen LogP contribution in [0.5, 0.6) is 0 Å². The number of alkyl halides is 3. The van der Waals surface area contributed by atoms with Gasteiger partial charge in [0.2, 0.25) is 0 Å². The summed E-state index contributed by atoms with van der Waals surface area (Å²) >= 11 is 0. The molecule has 4 aromatic rings. The van der Waals surface area contributed by atoms with Gasteiger partial charge in [0.25, 0.3) is 0 Å². The second-order valence-corrected chi connectivity index (χ2v) is 6.26. The van der Waals surface area contributed by atoms with Crippen LogP contribution < -0.4 is 0 Å². The van der Waals surface area contributed by atoms with E-state index >= 15 is 0 Å². The lowest BCUT2D eigenvalue weighted by molar-refractivity contribution is -0.140. The van der Waals surface area contributed by atoms with Crippen molar-refractivity contribution in [3.63, 3.8) is 0 Å². The van der Waals surface area contributed by atoms with E-state index in [9.17, 15) is 13.2 Å². The van der Waals surface area contributed by atoms with Gasteiger partial charge in [-0.15, -0.1) is 0 Å². The molecule has 2 nitrogen and oxygen atoms in total. The van der Waals surface area contributed by atoms with Gasteiger partial charge in [-0.3, -0.25) is 0 Å². The number of aromatic nitrogens is 1. The average Bonchev–Trinajstić information content (AvgIpc) is 2.72. The smallest absolute Gasteiger partial charge is 0.248 e. The van der Waals surface area contributed by atoms with E-state index in [1.54, 1.807) is 18.2 Å². The standard InChI is InChI=1S/C23H15F3N2/c24-23(25,26)21-14-11-18-15-19(12-13-20(18)28-21)27-22(16-7-3-1-4-8-16)17-9-5-2-6-10-17/h1-15H. The molecule has 138 valence electrons. The van der Waals surface area contributed by atoms with E-state index in [1.807, 2.05) is 60.7 Å². The minimum absolute atomic E-state index is 0.287. The Morgan fingerprint density at radius 3 is 1.89 bits per heavy atom. The maximum absolute atomic E-state index is 12.9. The highest BCUT2D eigenvalue weighted by Crippen LogP contribution is 2.30. The summed E-state index contributed by atoms with van der Waals surface area (Å²) in [5, 5.41) is 0.606. The Morgan fingerprint density at radius 1 is 0.714 bits per heavy atom. The minimum atomic E-state index is -4.46. The molecule has 0 spiro atoms. The van der Waals surface area contributed by atoms with E-state index in [4.69, 9.17) is 4.99 Å². The molecule has 0 bridgehead atoms. The van der Waals surface area contributed by atoms with Crippen molar-refractivity contribution in [2.45, 2.75) is 6.18 Å². The largest absolute Gasteiger partial charge is 0.433 e. The summed E-state index contributed by atoms with van der Waals surface area (Å²) < 4.78 is 38.6. The fourth-order valence-corrected chi connectivity index (χ4v) is 2.96. The van der Waals surface area contributed by atoms with Crippen LogP contribution in [-0.4, -0.2) is 10.7 Å². The molecule has 3 aromatic carbocycles. The number of pyridine rings is 1. The molecule has 0 aliphatic heterocycles. The van der Waals surface area contributed by atoms with Crippen LogP contribution in [0.25, 0.3) is 10.9 Å². The van der Waals surface area contributed by atoms with Gasteiger partial charge < -0.3 is 0 Å². The topological polar surface area (TPSA) is 25.2 Å². The molecule has 28 heavy (non-hydrogen) atoms. The van der Waals surface area contributed by atoms with Gasteiger partial charge in [0.05, 0.1) is 16.9 Å². The van der Waals surface area contributed by atoms with Gasteiger partial charge in [-0.2, -0.15) is 13.2 Å². The maximum Gasteiger partial charge on any atom is 0.433 e. The molecule has 1 heterocycles. The molecule has 0 amide bonds.